The molecule has 542 valence electrons. The molecule has 6 aliphatic rings. The van der Waals surface area contributed by atoms with E-state index in [4.69, 9.17) is 5.73 Å². The van der Waals surface area contributed by atoms with E-state index in [1.54, 1.807) is 36.5 Å². The lowest BCUT2D eigenvalue weighted by molar-refractivity contribution is -0.147. The number of unbranched alkanes of at least 4 members (excludes halogenated alkanes) is 1. The molecule has 2 saturated carbocycles. The molecule has 13 atom stereocenters. The van der Waals surface area contributed by atoms with Crippen LogP contribution in [0, 0.1) is 17.8 Å². The summed E-state index contributed by atoms with van der Waals surface area (Å²) in [6.07, 6.45) is 2.69. The Hall–Kier alpha value is -6.95. The summed E-state index contributed by atoms with van der Waals surface area (Å²) in [5, 5.41) is 55.2. The van der Waals surface area contributed by atoms with Crippen molar-refractivity contribution in [2.45, 2.75) is 213 Å². The SMILES string of the molecule is C[C@H]1NC(=O)[C@H](CCCCN)NC(=O)CCSCc2cccc(c2)CSCCNC(=O)[C@]2(C)CCCN2C(=O)[C@H](CC2CCC(O)CC2)NC(=O)[C@H](CC2CNCN2)NC(=O)[C@H](CC(=O)O)NC(=O)[C@H](CC2CNC3CCC(F)CC23)NC(=O)[C@H](Cc2ccc3ccccc3c2)NC1=O. The number of alkyl halides is 1. The molecule has 2 bridgehead atoms. The Labute approximate surface area is 587 Å². The number of benzene rings is 3. The van der Waals surface area contributed by atoms with Crippen LogP contribution in [-0.2, 0) is 65.9 Å². The number of rotatable bonds is 14. The lowest BCUT2D eigenvalue weighted by Gasteiger charge is -2.38. The van der Waals surface area contributed by atoms with Crippen molar-refractivity contribution in [3.05, 3.63) is 83.4 Å². The number of thioether (sulfide) groups is 2. The number of hydrogen-bond donors (Lipinski definition) is 14. The van der Waals surface area contributed by atoms with Crippen LogP contribution in [0.25, 0.3) is 10.8 Å². The Kier molecular flexibility index (Phi) is 28.6. The third kappa shape index (κ3) is 22.0. The number of hydrogen-bond acceptors (Lipinski definition) is 17. The molecule has 99 heavy (non-hydrogen) atoms. The lowest BCUT2D eigenvalue weighted by atomic mass is 9.77. The highest BCUT2D eigenvalue weighted by Gasteiger charge is 2.49. The second-order valence-electron chi connectivity index (χ2n) is 28.0. The Balaban J connectivity index is 1.03. The molecule has 0 aromatic heterocycles. The Morgan fingerprint density at radius 2 is 1.34 bits per heavy atom. The number of nitrogens with zero attached hydrogens (tertiary/aromatic N) is 1. The zero-order valence-corrected chi connectivity index (χ0v) is 58.6. The average molecular weight is 1410 g/mol. The molecule has 15 N–H and O–H groups in total. The van der Waals surface area contributed by atoms with Gasteiger partial charge in [-0.05, 0) is 168 Å². The summed E-state index contributed by atoms with van der Waals surface area (Å²) in [5.74, 6) is -6.26. The van der Waals surface area contributed by atoms with Crippen molar-refractivity contribution in [1.29, 1.82) is 0 Å². The number of amides is 9. The second kappa shape index (κ2) is 37.1. The molecule has 4 heterocycles. The fraction of sp³-hybridized carbons (Fsp3) is 0.634. The van der Waals surface area contributed by atoms with Crippen LogP contribution in [0.1, 0.15) is 140 Å². The van der Waals surface area contributed by atoms with E-state index in [0.717, 1.165) is 21.9 Å². The van der Waals surface area contributed by atoms with Gasteiger partial charge in [0.25, 0.3) is 0 Å². The van der Waals surface area contributed by atoms with Crippen LogP contribution in [-0.4, -0.2) is 197 Å². The van der Waals surface area contributed by atoms with Gasteiger partial charge in [-0.1, -0.05) is 66.7 Å². The minimum Gasteiger partial charge on any atom is -0.481 e. The summed E-state index contributed by atoms with van der Waals surface area (Å²) in [6.45, 7) is 5.14. The number of aliphatic hydroxyl groups is 1. The van der Waals surface area contributed by atoms with Gasteiger partial charge >= 0.3 is 5.97 Å². The smallest absolute Gasteiger partial charge is 0.305 e. The number of aliphatic hydroxyl groups excluding tert-OH is 1. The number of carbonyl (C=O) groups is 10. The third-order valence-corrected chi connectivity index (χ3v) is 22.6. The van der Waals surface area contributed by atoms with E-state index in [2.05, 4.69) is 64.6 Å². The number of halogens is 1. The summed E-state index contributed by atoms with van der Waals surface area (Å²) < 4.78 is 15.3. The number of fused-ring (bicyclic) bond motifs is 5. The highest BCUT2D eigenvalue weighted by Crippen LogP contribution is 2.39. The van der Waals surface area contributed by atoms with Gasteiger partial charge in [0.2, 0.25) is 53.2 Å². The minimum absolute atomic E-state index is 0.0504. The fourth-order valence-corrected chi connectivity index (χ4v) is 16.5. The van der Waals surface area contributed by atoms with Crippen LogP contribution in [0.4, 0.5) is 4.39 Å². The first kappa shape index (κ1) is 76.2. The summed E-state index contributed by atoms with van der Waals surface area (Å²) in [4.78, 5) is 147. The van der Waals surface area contributed by atoms with E-state index in [-0.39, 0.29) is 81.2 Å². The van der Waals surface area contributed by atoms with Crippen molar-refractivity contribution in [1.82, 2.24) is 63.4 Å². The van der Waals surface area contributed by atoms with Crippen LogP contribution in [0.5, 0.6) is 0 Å². The predicted octanol–water partition coefficient (Wildman–Crippen LogP) is 2.43. The first-order chi connectivity index (χ1) is 47.6. The summed E-state index contributed by atoms with van der Waals surface area (Å²) in [5.41, 5.74) is 7.29. The number of aliphatic carboxylic acids is 1. The van der Waals surface area contributed by atoms with Gasteiger partial charge in [0.15, 0.2) is 0 Å². The number of carbonyl (C=O) groups excluding carboxylic acids is 9. The largest absolute Gasteiger partial charge is 0.481 e. The molecule has 4 aliphatic heterocycles. The maximum absolute atomic E-state index is 15.3. The van der Waals surface area contributed by atoms with E-state index < -0.39 is 126 Å². The molecule has 5 unspecified atom stereocenters. The quantitative estimate of drug-likeness (QED) is 0.103. The van der Waals surface area contributed by atoms with Gasteiger partial charge in [-0.2, -0.15) is 23.5 Å². The van der Waals surface area contributed by atoms with Crippen LogP contribution in [0.15, 0.2) is 66.7 Å². The molecule has 3 aromatic rings. The molecule has 0 radical (unpaired) electrons. The second-order valence-corrected chi connectivity index (χ2v) is 30.2. The van der Waals surface area contributed by atoms with E-state index >= 15 is 23.6 Å². The van der Waals surface area contributed by atoms with Gasteiger partial charge in [-0.15, -0.1) is 0 Å². The van der Waals surface area contributed by atoms with Crippen molar-refractivity contribution in [3.63, 3.8) is 0 Å². The van der Waals surface area contributed by atoms with Crippen LogP contribution in [0.2, 0.25) is 0 Å². The molecule has 3 aromatic carbocycles. The molecular formula is C71H102FN13O12S2. The fourth-order valence-electron chi connectivity index (χ4n) is 14.8. The molecule has 9 rings (SSSR count). The average Bonchev–Trinajstić information content (AvgIpc) is 1.69. The van der Waals surface area contributed by atoms with E-state index in [0.29, 0.717) is 126 Å². The molecule has 2 aliphatic carbocycles. The summed E-state index contributed by atoms with van der Waals surface area (Å²) >= 11 is 3.19. The molecule has 28 heteroatoms. The lowest BCUT2D eigenvalue weighted by Crippen LogP contribution is -2.62. The molecule has 5 fully saturated rings. The molecular weight excluding hydrogens is 1310 g/mol. The van der Waals surface area contributed by atoms with Crippen LogP contribution in [0.3, 0.4) is 0 Å². The maximum Gasteiger partial charge on any atom is 0.305 e. The summed E-state index contributed by atoms with van der Waals surface area (Å²) in [6, 6.07) is 10.9. The van der Waals surface area contributed by atoms with Gasteiger partial charge in [-0.3, -0.25) is 47.9 Å². The normalized spacial score (nSPS) is 31.4. The minimum atomic E-state index is -1.86. The molecule has 3 saturated heterocycles. The van der Waals surface area contributed by atoms with Crippen LogP contribution < -0.4 is 64.2 Å². The third-order valence-electron chi connectivity index (χ3n) is 20.5. The number of carboxylic acids is 1. The molecule has 9 amide bonds. The highest BCUT2D eigenvalue weighted by molar-refractivity contribution is 7.98. The van der Waals surface area contributed by atoms with Gasteiger partial charge in [0.1, 0.15) is 54.0 Å². The Morgan fingerprint density at radius 3 is 2.06 bits per heavy atom. The Bertz CT molecular complexity index is 3310. The first-order valence-electron chi connectivity index (χ1n) is 35.5. The topological polar surface area (TPSA) is 373 Å². The zero-order chi connectivity index (χ0) is 70.6. The van der Waals surface area contributed by atoms with E-state index in [1.807, 2.05) is 54.6 Å². The summed E-state index contributed by atoms with van der Waals surface area (Å²) in [7, 11) is 0. The van der Waals surface area contributed by atoms with E-state index in [1.165, 1.54) is 11.8 Å². The van der Waals surface area contributed by atoms with Gasteiger partial charge < -0.3 is 79.3 Å². The molecule has 25 nitrogen and oxygen atoms in total. The first-order valence-corrected chi connectivity index (χ1v) is 37.8. The highest BCUT2D eigenvalue weighted by atomic mass is 32.2. The van der Waals surface area contributed by atoms with Crippen molar-refractivity contribution >= 4 is 93.4 Å². The van der Waals surface area contributed by atoms with Gasteiger partial charge in [-0.25, -0.2) is 4.39 Å². The maximum atomic E-state index is 15.3. The number of carboxylic acid groups (broad SMARTS) is 1. The van der Waals surface area contributed by atoms with Crippen LogP contribution >= 0.6 is 23.5 Å². The number of nitrogens with one attached hydrogen (secondary N) is 11. The van der Waals surface area contributed by atoms with Gasteiger partial charge in [0, 0.05) is 74.2 Å². The number of nitrogens with two attached hydrogens (primary N) is 1. The van der Waals surface area contributed by atoms with Crippen molar-refractivity contribution < 1.29 is 62.5 Å². The van der Waals surface area contributed by atoms with E-state index in [9.17, 15) is 39.0 Å². The van der Waals surface area contributed by atoms with Crippen molar-refractivity contribution in [3.8, 4) is 0 Å². The van der Waals surface area contributed by atoms with Crippen molar-refractivity contribution in [2.75, 3.05) is 50.9 Å². The monoisotopic (exact) mass is 1410 g/mol. The van der Waals surface area contributed by atoms with Gasteiger partial charge in [0.05, 0.1) is 12.5 Å². The predicted molar refractivity (Wildman–Crippen MR) is 377 cm³/mol. The standard InChI is InChI=1S/C71H102FN13O12S2/c1-42-63(90)80-56(32-44-14-17-47-11-3-4-12-48(47)30-44)65(92)81-57(33-49-37-76-54-21-18-50(72)34-53(49)54)66(93)83-59(36-62(88)89)68(95)82-58(35-51-38-74-41-77-51)67(94)84-60(31-43-15-19-52(86)20-16-43)69(96)85-26-8-23-71(85,2)70(97)75-25-28-99-40-46-10-7-9-45(29-46)39-98-27-22-61(87)79-55(64(91)78-42)13-5-6-24-73/h3-4,7,9-12,14,17,29-30,42-43,49-60,74,76-77,86H,5-6,8,13,15-16,18-28,31-41,73H2,1-2H3,(H,75,97)(H,78,91)(H,79,87)(H,80,90)(H,81,92)(H,82,95)(H,83,93)(H,84,94)(H,88,89)/t42-,43?,49?,50?,51?,52?,53?,54?,55+,56+,57+,58+,59+,60+,71+/m1/s1. The molecule has 0 spiro atoms. The zero-order valence-electron chi connectivity index (χ0n) is 56.9. The Morgan fingerprint density at radius 1 is 0.677 bits per heavy atom. The van der Waals surface area contributed by atoms with Crippen molar-refractivity contribution in [2.24, 2.45) is 23.5 Å².